The van der Waals surface area contributed by atoms with E-state index in [0.29, 0.717) is 15.9 Å². The van der Waals surface area contributed by atoms with Gasteiger partial charge in [-0.1, -0.05) is 15.9 Å². The lowest BCUT2D eigenvalue weighted by atomic mass is 10.1. The molecule has 0 bridgehead atoms. The van der Waals surface area contributed by atoms with Gasteiger partial charge in [0.1, 0.15) is 11.5 Å². The zero-order valence-electron chi connectivity index (χ0n) is 13.9. The van der Waals surface area contributed by atoms with E-state index in [9.17, 15) is 23.3 Å². The summed E-state index contributed by atoms with van der Waals surface area (Å²) < 4.78 is 44.7. The first-order valence-corrected chi connectivity index (χ1v) is 8.54. The van der Waals surface area contributed by atoms with Gasteiger partial charge in [-0.3, -0.25) is 15.5 Å². The lowest BCUT2D eigenvalue weighted by molar-refractivity contribution is -0.384. The van der Waals surface area contributed by atoms with Crippen LogP contribution in [0.1, 0.15) is 11.3 Å². The summed E-state index contributed by atoms with van der Waals surface area (Å²) in [5.74, 6) is 0.559. The van der Waals surface area contributed by atoms with E-state index in [1.165, 1.54) is 42.6 Å². The van der Waals surface area contributed by atoms with Crippen molar-refractivity contribution in [2.75, 3.05) is 5.43 Å². The average Bonchev–Trinajstić information content (AvgIpc) is 3.10. The van der Waals surface area contributed by atoms with E-state index in [0.717, 1.165) is 12.1 Å². The second-order valence-corrected chi connectivity index (χ2v) is 6.42. The van der Waals surface area contributed by atoms with Gasteiger partial charge in [-0.05, 0) is 42.5 Å². The molecule has 0 atom stereocenters. The molecule has 0 saturated carbocycles. The fraction of sp³-hybridized carbons (Fsp3) is 0.0556. The van der Waals surface area contributed by atoms with Crippen molar-refractivity contribution in [1.29, 1.82) is 0 Å². The Bertz CT molecular complexity index is 1030. The number of hydrogen-bond acceptors (Lipinski definition) is 5. The standard InChI is InChI=1S/C18H11BrF3N3O3/c19-16-7-1-11(18(20,21)22)9-15(16)17-8-6-14(28-17)10-23-24-12-2-4-13(5-3-12)25(26)27/h1-10,24H/b23-10-. The Labute approximate surface area is 165 Å². The monoisotopic (exact) mass is 453 g/mol. The molecule has 0 amide bonds. The van der Waals surface area contributed by atoms with Gasteiger partial charge < -0.3 is 4.42 Å². The highest BCUT2D eigenvalue weighted by Crippen LogP contribution is 2.36. The van der Waals surface area contributed by atoms with Crippen molar-refractivity contribution in [1.82, 2.24) is 0 Å². The van der Waals surface area contributed by atoms with Gasteiger partial charge in [0.15, 0.2) is 0 Å². The summed E-state index contributed by atoms with van der Waals surface area (Å²) in [5.41, 5.74) is 2.64. The molecule has 0 spiro atoms. The largest absolute Gasteiger partial charge is 0.455 e. The number of anilines is 1. The fourth-order valence-electron chi connectivity index (χ4n) is 2.29. The molecule has 2 aromatic carbocycles. The zero-order chi connectivity index (χ0) is 20.3. The maximum Gasteiger partial charge on any atom is 0.416 e. The minimum Gasteiger partial charge on any atom is -0.455 e. The summed E-state index contributed by atoms with van der Waals surface area (Å²) in [6, 6.07) is 12.0. The van der Waals surface area contributed by atoms with Crippen molar-refractivity contribution in [3.05, 3.63) is 80.5 Å². The predicted molar refractivity (Wildman–Crippen MR) is 101 cm³/mol. The van der Waals surface area contributed by atoms with Crippen molar-refractivity contribution < 1.29 is 22.5 Å². The first-order chi connectivity index (χ1) is 13.2. The SMILES string of the molecule is O=[N+]([O-])c1ccc(N/N=C\c2ccc(-c3cc(C(F)(F)F)ccc3Br)o2)cc1. The summed E-state index contributed by atoms with van der Waals surface area (Å²) in [5, 5.41) is 14.6. The van der Waals surface area contributed by atoms with E-state index in [-0.39, 0.29) is 17.0 Å². The van der Waals surface area contributed by atoms with Gasteiger partial charge >= 0.3 is 6.18 Å². The van der Waals surface area contributed by atoms with Crippen molar-refractivity contribution in [3.63, 3.8) is 0 Å². The second kappa shape index (κ2) is 7.85. The molecule has 1 heterocycles. The highest BCUT2D eigenvalue weighted by atomic mass is 79.9. The van der Waals surface area contributed by atoms with Gasteiger partial charge in [0.2, 0.25) is 0 Å². The van der Waals surface area contributed by atoms with Crippen molar-refractivity contribution in [2.24, 2.45) is 5.10 Å². The lowest BCUT2D eigenvalue weighted by Gasteiger charge is -2.09. The molecule has 0 aliphatic rings. The minimum absolute atomic E-state index is 0.0446. The van der Waals surface area contributed by atoms with Crippen LogP contribution in [-0.2, 0) is 6.18 Å². The van der Waals surface area contributed by atoms with E-state index in [4.69, 9.17) is 4.42 Å². The molecular formula is C18H11BrF3N3O3. The number of hydrogen-bond donors (Lipinski definition) is 1. The molecule has 0 saturated heterocycles. The zero-order valence-corrected chi connectivity index (χ0v) is 15.5. The molecule has 10 heteroatoms. The van der Waals surface area contributed by atoms with Crippen LogP contribution in [0.3, 0.4) is 0 Å². The summed E-state index contributed by atoms with van der Waals surface area (Å²) in [6.07, 6.45) is -3.12. The Kier molecular flexibility index (Phi) is 5.50. The van der Waals surface area contributed by atoms with Crippen LogP contribution in [0.2, 0.25) is 0 Å². The molecule has 1 N–H and O–H groups in total. The molecule has 0 fully saturated rings. The molecule has 0 aliphatic heterocycles. The number of nitrogens with one attached hydrogen (secondary N) is 1. The maximum atomic E-state index is 12.9. The van der Waals surface area contributed by atoms with Gasteiger partial charge in [-0.15, -0.1) is 0 Å². The van der Waals surface area contributed by atoms with Gasteiger partial charge in [-0.25, -0.2) is 0 Å². The van der Waals surface area contributed by atoms with E-state index in [2.05, 4.69) is 26.5 Å². The van der Waals surface area contributed by atoms with Gasteiger partial charge in [0.25, 0.3) is 5.69 Å². The topological polar surface area (TPSA) is 80.7 Å². The number of hydrazone groups is 1. The van der Waals surface area contributed by atoms with Gasteiger partial charge in [0.05, 0.1) is 22.4 Å². The molecular weight excluding hydrogens is 443 g/mol. The quantitative estimate of drug-likeness (QED) is 0.288. The third-order valence-electron chi connectivity index (χ3n) is 3.65. The molecule has 3 rings (SSSR count). The summed E-state index contributed by atoms with van der Waals surface area (Å²) in [4.78, 5) is 10.1. The third kappa shape index (κ3) is 4.58. The highest BCUT2D eigenvalue weighted by Gasteiger charge is 2.31. The first kappa shape index (κ1) is 19.6. The van der Waals surface area contributed by atoms with E-state index >= 15 is 0 Å². The summed E-state index contributed by atoms with van der Waals surface area (Å²) in [6.45, 7) is 0. The normalized spacial score (nSPS) is 11.7. The summed E-state index contributed by atoms with van der Waals surface area (Å²) >= 11 is 3.22. The fourth-order valence-corrected chi connectivity index (χ4v) is 2.73. The first-order valence-electron chi connectivity index (χ1n) is 7.74. The number of benzene rings is 2. The number of halogens is 4. The van der Waals surface area contributed by atoms with Crippen molar-refractivity contribution >= 4 is 33.5 Å². The molecule has 144 valence electrons. The molecule has 0 unspecified atom stereocenters. The van der Waals surface area contributed by atoms with Crippen LogP contribution >= 0.6 is 15.9 Å². The number of alkyl halides is 3. The highest BCUT2D eigenvalue weighted by molar-refractivity contribution is 9.10. The van der Waals surface area contributed by atoms with Crippen LogP contribution in [-0.4, -0.2) is 11.1 Å². The number of nitro benzene ring substituents is 1. The Morgan fingerprint density at radius 1 is 1.11 bits per heavy atom. The lowest BCUT2D eigenvalue weighted by Crippen LogP contribution is -2.04. The van der Waals surface area contributed by atoms with E-state index in [1.54, 1.807) is 6.07 Å². The Morgan fingerprint density at radius 2 is 1.82 bits per heavy atom. The van der Waals surface area contributed by atoms with Crippen LogP contribution in [0.5, 0.6) is 0 Å². The number of rotatable bonds is 5. The molecule has 28 heavy (non-hydrogen) atoms. The van der Waals surface area contributed by atoms with Gasteiger partial charge in [-0.2, -0.15) is 18.3 Å². The molecule has 0 radical (unpaired) electrons. The van der Waals surface area contributed by atoms with Crippen LogP contribution in [0.25, 0.3) is 11.3 Å². The van der Waals surface area contributed by atoms with E-state index < -0.39 is 16.7 Å². The maximum absolute atomic E-state index is 12.9. The van der Waals surface area contributed by atoms with Crippen LogP contribution < -0.4 is 5.43 Å². The number of non-ortho nitro benzene ring substituents is 1. The minimum atomic E-state index is -4.46. The van der Waals surface area contributed by atoms with Crippen LogP contribution in [0.15, 0.2) is 68.6 Å². The van der Waals surface area contributed by atoms with Crippen LogP contribution in [0, 0.1) is 10.1 Å². The van der Waals surface area contributed by atoms with Crippen molar-refractivity contribution in [2.45, 2.75) is 6.18 Å². The summed E-state index contributed by atoms with van der Waals surface area (Å²) in [7, 11) is 0. The third-order valence-corrected chi connectivity index (χ3v) is 4.34. The Hall–Kier alpha value is -3.14. The van der Waals surface area contributed by atoms with E-state index in [1.807, 2.05) is 0 Å². The molecule has 6 nitrogen and oxygen atoms in total. The second-order valence-electron chi connectivity index (χ2n) is 5.57. The predicted octanol–water partition coefficient (Wildman–Crippen LogP) is 6.08. The Morgan fingerprint density at radius 3 is 2.46 bits per heavy atom. The van der Waals surface area contributed by atoms with Gasteiger partial charge in [0, 0.05) is 22.2 Å². The number of nitro groups is 1. The number of furan rings is 1. The smallest absolute Gasteiger partial charge is 0.416 e. The Balaban J connectivity index is 1.74. The average molecular weight is 454 g/mol. The molecule has 3 aromatic rings. The molecule has 1 aromatic heterocycles. The number of nitrogens with zero attached hydrogens (tertiary/aromatic N) is 2. The van der Waals surface area contributed by atoms with Crippen LogP contribution in [0.4, 0.5) is 24.5 Å². The van der Waals surface area contributed by atoms with Crippen molar-refractivity contribution in [3.8, 4) is 11.3 Å². The molecule has 0 aliphatic carbocycles.